The Hall–Kier alpha value is -3.06. The zero-order valence-electron chi connectivity index (χ0n) is 15.3. The van der Waals surface area contributed by atoms with Gasteiger partial charge in [-0.15, -0.1) is 0 Å². The van der Waals surface area contributed by atoms with Crippen molar-refractivity contribution in [3.05, 3.63) is 71.1 Å². The minimum atomic E-state index is -0.685. The maximum absolute atomic E-state index is 12.4. The molecule has 1 aliphatic rings. The summed E-state index contributed by atoms with van der Waals surface area (Å²) in [6.45, 7) is 1.92. The first kappa shape index (κ1) is 19.7. The van der Waals surface area contributed by atoms with Crippen LogP contribution in [0.3, 0.4) is 0 Å². The summed E-state index contributed by atoms with van der Waals surface area (Å²) in [6, 6.07) is 18.4. The van der Waals surface area contributed by atoms with Crippen LogP contribution < -0.4 is 10.1 Å². The molecule has 1 saturated heterocycles. The maximum atomic E-state index is 12.4. The largest absolute Gasteiger partial charge is 0.481 e. The number of amides is 3. The van der Waals surface area contributed by atoms with E-state index in [9.17, 15) is 14.4 Å². The van der Waals surface area contributed by atoms with Gasteiger partial charge in [-0.3, -0.25) is 19.3 Å². The Morgan fingerprint density at radius 1 is 1.11 bits per heavy atom. The number of imide groups is 1. The van der Waals surface area contributed by atoms with Crippen molar-refractivity contribution < 1.29 is 19.1 Å². The van der Waals surface area contributed by atoms with Crippen molar-refractivity contribution in [2.75, 3.05) is 13.1 Å². The number of nitrogens with zero attached hydrogens (tertiary/aromatic N) is 1. The van der Waals surface area contributed by atoms with Gasteiger partial charge in [-0.05, 0) is 42.5 Å². The Bertz CT molecular complexity index is 884. The molecule has 1 N–H and O–H groups in total. The van der Waals surface area contributed by atoms with Gasteiger partial charge in [-0.1, -0.05) is 48.5 Å². The molecule has 0 bridgehead atoms. The fraction of sp³-hybridized carbons (Fsp3) is 0.190. The molecular formula is C21H20N2O4S. The van der Waals surface area contributed by atoms with E-state index in [1.165, 1.54) is 0 Å². The average molecular weight is 396 g/mol. The minimum Gasteiger partial charge on any atom is -0.481 e. The van der Waals surface area contributed by atoms with E-state index in [1.807, 2.05) is 48.5 Å². The summed E-state index contributed by atoms with van der Waals surface area (Å²) in [5, 5.41) is 2.36. The molecule has 7 heteroatoms. The summed E-state index contributed by atoms with van der Waals surface area (Å²) in [7, 11) is 0. The molecule has 0 saturated carbocycles. The molecule has 1 fully saturated rings. The topological polar surface area (TPSA) is 75.7 Å². The number of carbonyl (C=O) groups excluding carboxylic acids is 3. The van der Waals surface area contributed by atoms with E-state index >= 15 is 0 Å². The molecule has 1 atom stereocenters. The predicted octanol–water partition coefficient (Wildman–Crippen LogP) is 3.31. The van der Waals surface area contributed by atoms with E-state index in [2.05, 4.69) is 5.32 Å². The van der Waals surface area contributed by atoms with Gasteiger partial charge in [0.1, 0.15) is 5.75 Å². The van der Waals surface area contributed by atoms with Crippen LogP contribution in [0, 0.1) is 0 Å². The zero-order valence-corrected chi connectivity index (χ0v) is 16.1. The number of rotatable bonds is 7. The molecule has 0 aromatic heterocycles. The molecule has 2 aromatic carbocycles. The van der Waals surface area contributed by atoms with Gasteiger partial charge in [0.05, 0.1) is 4.91 Å². The van der Waals surface area contributed by atoms with Crippen LogP contribution in [0.2, 0.25) is 0 Å². The minimum absolute atomic E-state index is 0.112. The molecule has 2 aromatic rings. The number of benzene rings is 2. The summed E-state index contributed by atoms with van der Waals surface area (Å²) in [5.74, 6) is -0.0560. The van der Waals surface area contributed by atoms with E-state index in [0.29, 0.717) is 10.7 Å². The normalized spacial score (nSPS) is 16.3. The third-order valence-corrected chi connectivity index (χ3v) is 4.94. The van der Waals surface area contributed by atoms with Crippen molar-refractivity contribution in [3.63, 3.8) is 0 Å². The van der Waals surface area contributed by atoms with Crippen LogP contribution in [0.1, 0.15) is 12.5 Å². The van der Waals surface area contributed by atoms with E-state index in [1.54, 1.807) is 25.1 Å². The summed E-state index contributed by atoms with van der Waals surface area (Å²) in [5.41, 5.74) is 0.855. The summed E-state index contributed by atoms with van der Waals surface area (Å²) in [6.07, 6.45) is 1.01. The van der Waals surface area contributed by atoms with Gasteiger partial charge in [0.25, 0.3) is 17.1 Å². The molecule has 1 unspecified atom stereocenters. The zero-order chi connectivity index (χ0) is 19.9. The number of thioether (sulfide) groups is 1. The van der Waals surface area contributed by atoms with Crippen LogP contribution >= 0.6 is 11.8 Å². The second-order valence-corrected chi connectivity index (χ2v) is 7.10. The molecule has 0 spiro atoms. The molecule has 3 amide bonds. The second kappa shape index (κ2) is 9.23. The molecule has 3 rings (SSSR count). The lowest BCUT2D eigenvalue weighted by Crippen LogP contribution is -2.41. The monoisotopic (exact) mass is 396 g/mol. The van der Waals surface area contributed by atoms with Crippen molar-refractivity contribution in [2.24, 2.45) is 0 Å². The van der Waals surface area contributed by atoms with Crippen LogP contribution in [-0.2, 0) is 9.59 Å². The van der Waals surface area contributed by atoms with Gasteiger partial charge >= 0.3 is 0 Å². The quantitative estimate of drug-likeness (QED) is 0.727. The Morgan fingerprint density at radius 3 is 2.43 bits per heavy atom. The highest BCUT2D eigenvalue weighted by Gasteiger charge is 2.34. The Kier molecular flexibility index (Phi) is 6.49. The van der Waals surface area contributed by atoms with E-state index in [0.717, 1.165) is 22.2 Å². The summed E-state index contributed by atoms with van der Waals surface area (Å²) < 4.78 is 5.55. The van der Waals surface area contributed by atoms with Crippen LogP contribution in [-0.4, -0.2) is 41.1 Å². The molecule has 144 valence electrons. The van der Waals surface area contributed by atoms with E-state index < -0.39 is 6.10 Å². The van der Waals surface area contributed by atoms with Crippen molar-refractivity contribution in [1.29, 1.82) is 0 Å². The molecule has 1 heterocycles. The lowest BCUT2D eigenvalue weighted by atomic mass is 10.2. The van der Waals surface area contributed by atoms with Gasteiger partial charge in [0.2, 0.25) is 0 Å². The number of hydrogen-bond acceptors (Lipinski definition) is 5. The van der Waals surface area contributed by atoms with Crippen LogP contribution in [0.4, 0.5) is 4.79 Å². The van der Waals surface area contributed by atoms with Crippen molar-refractivity contribution in [1.82, 2.24) is 10.2 Å². The van der Waals surface area contributed by atoms with Gasteiger partial charge in [0, 0.05) is 13.1 Å². The first-order chi connectivity index (χ1) is 13.5. The number of ether oxygens (including phenoxy) is 1. The third kappa shape index (κ3) is 5.01. The highest BCUT2D eigenvalue weighted by molar-refractivity contribution is 8.18. The lowest BCUT2D eigenvalue weighted by Gasteiger charge is -2.16. The van der Waals surface area contributed by atoms with Crippen LogP contribution in [0.5, 0.6) is 5.75 Å². The first-order valence-corrected chi connectivity index (χ1v) is 9.66. The SMILES string of the molecule is CC(Oc1ccccc1)C(=O)NCCN1C(=O)S/C(=C\c2ccccc2)C1=O. The summed E-state index contributed by atoms with van der Waals surface area (Å²) in [4.78, 5) is 38.2. The number of nitrogens with one attached hydrogen (secondary N) is 1. The molecule has 0 radical (unpaired) electrons. The standard InChI is InChI=1S/C21H20N2O4S/c1-15(27-17-10-6-3-7-11-17)19(24)22-12-13-23-20(25)18(28-21(23)26)14-16-8-4-2-5-9-16/h2-11,14-15H,12-13H2,1H3,(H,22,24)/b18-14-. The van der Waals surface area contributed by atoms with Crippen molar-refractivity contribution in [3.8, 4) is 5.75 Å². The van der Waals surface area contributed by atoms with Crippen LogP contribution in [0.25, 0.3) is 6.08 Å². The lowest BCUT2D eigenvalue weighted by molar-refractivity contribution is -0.128. The highest BCUT2D eigenvalue weighted by atomic mass is 32.2. The molecule has 0 aliphatic carbocycles. The Labute approximate surface area is 167 Å². The molecule has 28 heavy (non-hydrogen) atoms. The first-order valence-electron chi connectivity index (χ1n) is 8.84. The molecule has 1 aliphatic heterocycles. The third-order valence-electron chi connectivity index (χ3n) is 4.03. The highest BCUT2D eigenvalue weighted by Crippen LogP contribution is 2.31. The number of para-hydroxylation sites is 1. The summed E-state index contributed by atoms with van der Waals surface area (Å²) >= 11 is 0.905. The van der Waals surface area contributed by atoms with Crippen LogP contribution in [0.15, 0.2) is 65.6 Å². The van der Waals surface area contributed by atoms with Gasteiger partial charge < -0.3 is 10.1 Å². The smallest absolute Gasteiger partial charge is 0.293 e. The van der Waals surface area contributed by atoms with E-state index in [-0.39, 0.29) is 30.1 Å². The second-order valence-electron chi connectivity index (χ2n) is 6.11. The van der Waals surface area contributed by atoms with Crippen molar-refractivity contribution in [2.45, 2.75) is 13.0 Å². The Balaban J connectivity index is 1.50. The fourth-order valence-electron chi connectivity index (χ4n) is 2.58. The molecular weight excluding hydrogens is 376 g/mol. The number of hydrogen-bond donors (Lipinski definition) is 1. The van der Waals surface area contributed by atoms with Gasteiger partial charge in [-0.25, -0.2) is 0 Å². The van der Waals surface area contributed by atoms with E-state index in [4.69, 9.17) is 4.74 Å². The Morgan fingerprint density at radius 2 is 1.75 bits per heavy atom. The fourth-order valence-corrected chi connectivity index (χ4v) is 3.45. The average Bonchev–Trinajstić information content (AvgIpc) is 2.96. The predicted molar refractivity (Wildman–Crippen MR) is 109 cm³/mol. The van der Waals surface area contributed by atoms with Gasteiger partial charge in [0.15, 0.2) is 6.10 Å². The maximum Gasteiger partial charge on any atom is 0.293 e. The number of carbonyl (C=O) groups is 3. The molecule has 6 nitrogen and oxygen atoms in total. The van der Waals surface area contributed by atoms with Gasteiger partial charge in [-0.2, -0.15) is 0 Å². The van der Waals surface area contributed by atoms with Crippen molar-refractivity contribution >= 4 is 34.9 Å².